The van der Waals surface area contributed by atoms with Crippen molar-refractivity contribution in [2.45, 2.75) is 6.29 Å². The van der Waals surface area contributed by atoms with Crippen molar-refractivity contribution in [2.24, 2.45) is 0 Å². The molecule has 2 aromatic heterocycles. The van der Waals surface area contributed by atoms with E-state index in [2.05, 4.69) is 31.1 Å². The zero-order valence-electron chi connectivity index (χ0n) is 10.6. The second kappa shape index (κ2) is 5.72. The average Bonchev–Trinajstić information content (AvgIpc) is 2.98. The quantitative estimate of drug-likeness (QED) is 0.558. The molecule has 0 aliphatic heterocycles. The largest absolute Gasteiger partial charge is 0.416 e. The number of aliphatic hydroxyl groups excluding tert-OH is 1. The van der Waals surface area contributed by atoms with Crippen LogP contribution in [0.2, 0.25) is 0 Å². The average molecular weight is 348 g/mol. The zero-order valence-corrected chi connectivity index (χ0v) is 12.2. The van der Waals surface area contributed by atoms with Crippen LogP contribution in [0.15, 0.2) is 51.6 Å². The Labute approximate surface area is 128 Å². The van der Waals surface area contributed by atoms with Crippen molar-refractivity contribution in [2.75, 3.05) is 0 Å². The first-order valence-corrected chi connectivity index (χ1v) is 6.85. The molecule has 7 heteroatoms. The van der Waals surface area contributed by atoms with E-state index in [1.165, 1.54) is 0 Å². The van der Waals surface area contributed by atoms with Gasteiger partial charge in [0.05, 0.1) is 5.56 Å². The molecule has 2 heterocycles. The van der Waals surface area contributed by atoms with Crippen LogP contribution in [0, 0.1) is 0 Å². The molecule has 6 nitrogen and oxygen atoms in total. The van der Waals surface area contributed by atoms with Gasteiger partial charge in [-0.05, 0) is 40.2 Å². The Bertz CT molecular complexity index is 756. The molecule has 0 atom stereocenters. The van der Waals surface area contributed by atoms with Crippen molar-refractivity contribution in [3.8, 4) is 22.9 Å². The van der Waals surface area contributed by atoms with E-state index in [1.807, 2.05) is 6.07 Å². The lowest BCUT2D eigenvalue weighted by molar-refractivity contribution is -0.0424. The highest BCUT2D eigenvalue weighted by molar-refractivity contribution is 9.10. The van der Waals surface area contributed by atoms with Crippen LogP contribution in [0.25, 0.3) is 22.9 Å². The number of hydrogen-bond acceptors (Lipinski definition) is 6. The molecule has 1 aromatic carbocycles. The van der Waals surface area contributed by atoms with Gasteiger partial charge in [-0.15, -0.1) is 10.2 Å². The highest BCUT2D eigenvalue weighted by Gasteiger charge is 2.12. The Balaban J connectivity index is 1.94. The summed E-state index contributed by atoms with van der Waals surface area (Å²) in [7, 11) is 0. The molecule has 0 spiro atoms. The van der Waals surface area contributed by atoms with Gasteiger partial charge in [0.2, 0.25) is 11.8 Å². The molecule has 0 saturated heterocycles. The summed E-state index contributed by atoms with van der Waals surface area (Å²) >= 11 is 3.26. The number of aliphatic hydroxyl groups is 2. The lowest BCUT2D eigenvalue weighted by Crippen LogP contribution is -1.94. The maximum Gasteiger partial charge on any atom is 0.249 e. The van der Waals surface area contributed by atoms with Crippen LogP contribution < -0.4 is 0 Å². The van der Waals surface area contributed by atoms with Gasteiger partial charge in [0.1, 0.15) is 4.60 Å². The third kappa shape index (κ3) is 2.99. The van der Waals surface area contributed by atoms with E-state index in [-0.39, 0.29) is 0 Å². The highest BCUT2D eigenvalue weighted by Crippen LogP contribution is 2.25. The van der Waals surface area contributed by atoms with Gasteiger partial charge in [-0.3, -0.25) is 0 Å². The number of pyridine rings is 1. The smallest absolute Gasteiger partial charge is 0.249 e. The standard InChI is InChI=1S/C14H10BrN3O3/c15-11-5-4-10(7-16-11)13-18-17-12(21-13)8-2-1-3-9(6-8)14(19)20/h1-7,14,19-20H. The molecule has 3 aromatic rings. The summed E-state index contributed by atoms with van der Waals surface area (Å²) in [6, 6.07) is 10.2. The Hall–Kier alpha value is -2.09. The minimum Gasteiger partial charge on any atom is -0.416 e. The number of nitrogens with zero attached hydrogens (tertiary/aromatic N) is 3. The summed E-state index contributed by atoms with van der Waals surface area (Å²) in [5.41, 5.74) is 1.68. The summed E-state index contributed by atoms with van der Waals surface area (Å²) in [6.07, 6.45) is 0.0814. The Morgan fingerprint density at radius 2 is 1.76 bits per heavy atom. The third-order valence-electron chi connectivity index (χ3n) is 2.83. The molecule has 0 amide bonds. The fourth-order valence-electron chi connectivity index (χ4n) is 1.79. The summed E-state index contributed by atoms with van der Waals surface area (Å²) in [5, 5.41) is 26.3. The predicted molar refractivity (Wildman–Crippen MR) is 77.8 cm³/mol. The van der Waals surface area contributed by atoms with Gasteiger partial charge in [-0.25, -0.2) is 4.98 Å². The van der Waals surface area contributed by atoms with Gasteiger partial charge in [-0.2, -0.15) is 0 Å². The van der Waals surface area contributed by atoms with Gasteiger partial charge in [0, 0.05) is 17.3 Å². The van der Waals surface area contributed by atoms with E-state index in [0.29, 0.717) is 28.5 Å². The molecule has 0 fully saturated rings. The van der Waals surface area contributed by atoms with E-state index >= 15 is 0 Å². The molecule has 0 aliphatic rings. The van der Waals surface area contributed by atoms with Crippen LogP contribution in [-0.2, 0) is 0 Å². The second-order valence-electron chi connectivity index (χ2n) is 4.28. The van der Waals surface area contributed by atoms with E-state index in [9.17, 15) is 10.2 Å². The minimum absolute atomic E-state index is 0.301. The predicted octanol–water partition coefficient (Wildman–Crippen LogP) is 2.54. The van der Waals surface area contributed by atoms with Crippen LogP contribution in [0.1, 0.15) is 11.9 Å². The summed E-state index contributed by atoms with van der Waals surface area (Å²) < 4.78 is 6.31. The molecule has 21 heavy (non-hydrogen) atoms. The first-order valence-electron chi connectivity index (χ1n) is 6.05. The number of rotatable bonds is 3. The third-order valence-corrected chi connectivity index (χ3v) is 3.30. The van der Waals surface area contributed by atoms with Crippen LogP contribution in [0.3, 0.4) is 0 Å². The fraction of sp³-hybridized carbons (Fsp3) is 0.0714. The zero-order chi connectivity index (χ0) is 14.8. The second-order valence-corrected chi connectivity index (χ2v) is 5.09. The molecule has 0 bridgehead atoms. The lowest BCUT2D eigenvalue weighted by Gasteiger charge is -2.03. The van der Waals surface area contributed by atoms with Crippen molar-refractivity contribution in [1.82, 2.24) is 15.2 Å². The van der Waals surface area contributed by atoms with Gasteiger partial charge in [0.15, 0.2) is 6.29 Å². The molecular weight excluding hydrogens is 338 g/mol. The van der Waals surface area contributed by atoms with Crippen LogP contribution >= 0.6 is 15.9 Å². The lowest BCUT2D eigenvalue weighted by atomic mass is 10.1. The molecular formula is C14H10BrN3O3. The van der Waals surface area contributed by atoms with Crippen LogP contribution in [-0.4, -0.2) is 25.4 Å². The molecule has 0 unspecified atom stereocenters. The van der Waals surface area contributed by atoms with Crippen molar-refractivity contribution in [1.29, 1.82) is 0 Å². The molecule has 2 N–H and O–H groups in total. The van der Waals surface area contributed by atoms with Crippen molar-refractivity contribution in [3.05, 3.63) is 52.8 Å². The van der Waals surface area contributed by atoms with Gasteiger partial charge >= 0.3 is 0 Å². The Morgan fingerprint density at radius 3 is 2.43 bits per heavy atom. The van der Waals surface area contributed by atoms with E-state index < -0.39 is 6.29 Å². The van der Waals surface area contributed by atoms with E-state index in [1.54, 1.807) is 36.5 Å². The van der Waals surface area contributed by atoms with E-state index in [0.717, 1.165) is 4.60 Å². The molecule has 0 radical (unpaired) electrons. The Kier molecular flexibility index (Phi) is 3.78. The fourth-order valence-corrected chi connectivity index (χ4v) is 2.03. The van der Waals surface area contributed by atoms with Gasteiger partial charge in [0.25, 0.3) is 0 Å². The number of aromatic nitrogens is 3. The molecule has 106 valence electrons. The normalized spacial score (nSPS) is 11.0. The van der Waals surface area contributed by atoms with Crippen molar-refractivity contribution in [3.63, 3.8) is 0 Å². The van der Waals surface area contributed by atoms with Crippen molar-refractivity contribution < 1.29 is 14.6 Å². The van der Waals surface area contributed by atoms with Crippen molar-refractivity contribution >= 4 is 15.9 Å². The molecule has 0 saturated carbocycles. The number of halogens is 1. The Morgan fingerprint density at radius 1 is 1.00 bits per heavy atom. The summed E-state index contributed by atoms with van der Waals surface area (Å²) in [4.78, 5) is 4.10. The summed E-state index contributed by atoms with van der Waals surface area (Å²) in [6.45, 7) is 0. The first kappa shape index (κ1) is 13.9. The molecule has 0 aliphatic carbocycles. The topological polar surface area (TPSA) is 92.3 Å². The maximum atomic E-state index is 9.18. The number of benzene rings is 1. The van der Waals surface area contributed by atoms with Gasteiger partial charge in [-0.1, -0.05) is 12.1 Å². The van der Waals surface area contributed by atoms with Crippen LogP contribution in [0.4, 0.5) is 0 Å². The van der Waals surface area contributed by atoms with E-state index in [4.69, 9.17) is 4.42 Å². The first-order chi connectivity index (χ1) is 10.1. The maximum absolute atomic E-state index is 9.18. The van der Waals surface area contributed by atoms with Gasteiger partial charge < -0.3 is 14.6 Å². The summed E-state index contributed by atoms with van der Waals surface area (Å²) in [5.74, 6) is 0.648. The molecule has 3 rings (SSSR count). The monoisotopic (exact) mass is 347 g/mol. The highest BCUT2D eigenvalue weighted by atomic mass is 79.9. The number of hydrogen-bond donors (Lipinski definition) is 2. The minimum atomic E-state index is -1.54. The van der Waals surface area contributed by atoms with Crippen LogP contribution in [0.5, 0.6) is 0 Å². The SMILES string of the molecule is OC(O)c1cccc(-c2nnc(-c3ccc(Br)nc3)o2)c1.